The van der Waals surface area contributed by atoms with E-state index in [4.69, 9.17) is 0 Å². The highest BCUT2D eigenvalue weighted by Crippen LogP contribution is 2.32. The average Bonchev–Trinajstić information content (AvgIpc) is 2.62. The van der Waals surface area contributed by atoms with Gasteiger partial charge < -0.3 is 5.32 Å². The molecule has 1 saturated carbocycles. The Hall–Kier alpha value is -0.0400. The molecule has 1 N–H and O–H groups in total. The summed E-state index contributed by atoms with van der Waals surface area (Å²) >= 11 is 0. The van der Waals surface area contributed by atoms with Crippen LogP contribution in [0.5, 0.6) is 0 Å². The lowest BCUT2D eigenvalue weighted by atomic mass is 9.87. The first-order valence-corrected chi connectivity index (χ1v) is 6.55. The summed E-state index contributed by atoms with van der Waals surface area (Å²) < 4.78 is 0. The van der Waals surface area contributed by atoms with Gasteiger partial charge in [0, 0.05) is 6.04 Å². The van der Waals surface area contributed by atoms with Crippen molar-refractivity contribution in [2.45, 2.75) is 65.3 Å². The predicted molar refractivity (Wildman–Crippen MR) is 63.5 cm³/mol. The van der Waals surface area contributed by atoms with Gasteiger partial charge in [-0.2, -0.15) is 0 Å². The molecule has 1 heteroatoms. The summed E-state index contributed by atoms with van der Waals surface area (Å²) in [6, 6.07) is 0.834. The third-order valence-electron chi connectivity index (χ3n) is 3.92. The van der Waals surface area contributed by atoms with E-state index in [1.54, 1.807) is 0 Å². The Balaban J connectivity index is 2.34. The molecule has 0 aromatic rings. The van der Waals surface area contributed by atoms with Crippen LogP contribution in [0, 0.1) is 11.8 Å². The molecular formula is C13H27N. The van der Waals surface area contributed by atoms with Crippen molar-refractivity contribution in [2.24, 2.45) is 11.8 Å². The fourth-order valence-electron chi connectivity index (χ4n) is 2.90. The van der Waals surface area contributed by atoms with Gasteiger partial charge in [-0.15, -0.1) is 0 Å². The van der Waals surface area contributed by atoms with Crippen molar-refractivity contribution in [3.8, 4) is 0 Å². The maximum atomic E-state index is 3.65. The minimum Gasteiger partial charge on any atom is -0.314 e. The second-order valence-electron chi connectivity index (χ2n) is 4.77. The molecule has 0 radical (unpaired) electrons. The molecule has 14 heavy (non-hydrogen) atoms. The molecule has 0 amide bonds. The molecule has 0 heterocycles. The van der Waals surface area contributed by atoms with E-state index in [0.29, 0.717) is 0 Å². The molecule has 0 spiro atoms. The standard InChI is InChI=1S/C13H27N/c1-4-11(5-2)10-12-8-7-9-13(12)14-6-3/h11-14H,4-10H2,1-3H3. The van der Waals surface area contributed by atoms with Crippen LogP contribution >= 0.6 is 0 Å². The number of nitrogens with one attached hydrogen (secondary N) is 1. The third kappa shape index (κ3) is 3.27. The SMILES string of the molecule is CCNC1CCCC1CC(CC)CC. The molecule has 0 bridgehead atoms. The van der Waals surface area contributed by atoms with Gasteiger partial charge in [-0.1, -0.05) is 40.0 Å². The van der Waals surface area contributed by atoms with E-state index in [9.17, 15) is 0 Å². The van der Waals surface area contributed by atoms with Gasteiger partial charge in [-0.05, 0) is 37.6 Å². The van der Waals surface area contributed by atoms with E-state index in [1.165, 1.54) is 38.5 Å². The highest BCUT2D eigenvalue weighted by atomic mass is 14.9. The van der Waals surface area contributed by atoms with Gasteiger partial charge in [0.05, 0.1) is 0 Å². The van der Waals surface area contributed by atoms with E-state index in [-0.39, 0.29) is 0 Å². The lowest BCUT2D eigenvalue weighted by Gasteiger charge is -2.24. The van der Waals surface area contributed by atoms with Crippen LogP contribution in [0.2, 0.25) is 0 Å². The van der Waals surface area contributed by atoms with Gasteiger partial charge in [0.15, 0.2) is 0 Å². The molecule has 0 aliphatic heterocycles. The zero-order valence-electron chi connectivity index (χ0n) is 10.2. The Kier molecular flexibility index (Phi) is 5.54. The zero-order valence-corrected chi connectivity index (χ0v) is 10.2. The van der Waals surface area contributed by atoms with Crippen LogP contribution in [0.4, 0.5) is 0 Å². The van der Waals surface area contributed by atoms with Crippen LogP contribution in [0.25, 0.3) is 0 Å². The Morgan fingerprint density at radius 1 is 1.14 bits per heavy atom. The number of hydrogen-bond donors (Lipinski definition) is 1. The topological polar surface area (TPSA) is 12.0 Å². The first-order chi connectivity index (χ1) is 6.81. The molecule has 2 unspecified atom stereocenters. The minimum atomic E-state index is 0.834. The Labute approximate surface area is 89.7 Å². The highest BCUT2D eigenvalue weighted by molar-refractivity contribution is 4.84. The molecular weight excluding hydrogens is 170 g/mol. The summed E-state index contributed by atoms with van der Waals surface area (Å²) in [6.45, 7) is 8.05. The number of hydrogen-bond acceptors (Lipinski definition) is 1. The van der Waals surface area contributed by atoms with Crippen molar-refractivity contribution < 1.29 is 0 Å². The van der Waals surface area contributed by atoms with Gasteiger partial charge in [0.25, 0.3) is 0 Å². The first-order valence-electron chi connectivity index (χ1n) is 6.55. The van der Waals surface area contributed by atoms with Crippen molar-refractivity contribution >= 4 is 0 Å². The van der Waals surface area contributed by atoms with Crippen molar-refractivity contribution in [1.82, 2.24) is 5.32 Å². The van der Waals surface area contributed by atoms with E-state index >= 15 is 0 Å². The largest absolute Gasteiger partial charge is 0.314 e. The Morgan fingerprint density at radius 2 is 1.86 bits per heavy atom. The van der Waals surface area contributed by atoms with Crippen LogP contribution in [0.3, 0.4) is 0 Å². The van der Waals surface area contributed by atoms with Crippen LogP contribution in [-0.4, -0.2) is 12.6 Å². The molecule has 0 aromatic heterocycles. The molecule has 0 saturated heterocycles. The van der Waals surface area contributed by atoms with Crippen LogP contribution < -0.4 is 5.32 Å². The quantitative estimate of drug-likeness (QED) is 0.686. The monoisotopic (exact) mass is 197 g/mol. The summed E-state index contributed by atoms with van der Waals surface area (Å²) in [5.41, 5.74) is 0. The predicted octanol–water partition coefficient (Wildman–Crippen LogP) is 3.59. The molecule has 2 atom stereocenters. The smallest absolute Gasteiger partial charge is 0.00953 e. The molecule has 1 fully saturated rings. The lowest BCUT2D eigenvalue weighted by Crippen LogP contribution is -2.33. The minimum absolute atomic E-state index is 0.834. The van der Waals surface area contributed by atoms with E-state index in [1.807, 2.05) is 0 Å². The van der Waals surface area contributed by atoms with Gasteiger partial charge in [0.2, 0.25) is 0 Å². The van der Waals surface area contributed by atoms with Gasteiger partial charge in [0.1, 0.15) is 0 Å². The van der Waals surface area contributed by atoms with E-state index in [2.05, 4.69) is 26.1 Å². The fourth-order valence-corrected chi connectivity index (χ4v) is 2.90. The summed E-state index contributed by atoms with van der Waals surface area (Å²) in [5.74, 6) is 1.94. The van der Waals surface area contributed by atoms with Gasteiger partial charge in [-0.3, -0.25) is 0 Å². The second-order valence-corrected chi connectivity index (χ2v) is 4.77. The Morgan fingerprint density at radius 3 is 2.43 bits per heavy atom. The molecule has 1 nitrogen and oxygen atoms in total. The third-order valence-corrected chi connectivity index (χ3v) is 3.92. The normalized spacial score (nSPS) is 27.4. The van der Waals surface area contributed by atoms with Crippen molar-refractivity contribution in [3.63, 3.8) is 0 Å². The molecule has 0 aromatic carbocycles. The summed E-state index contributed by atoms with van der Waals surface area (Å²) in [5, 5.41) is 3.65. The van der Waals surface area contributed by atoms with Gasteiger partial charge in [-0.25, -0.2) is 0 Å². The average molecular weight is 197 g/mol. The highest BCUT2D eigenvalue weighted by Gasteiger charge is 2.27. The van der Waals surface area contributed by atoms with Gasteiger partial charge >= 0.3 is 0 Å². The maximum absolute atomic E-state index is 3.65. The van der Waals surface area contributed by atoms with E-state index in [0.717, 1.165) is 24.4 Å². The molecule has 1 rings (SSSR count). The summed E-state index contributed by atoms with van der Waals surface area (Å²) in [6.07, 6.45) is 8.53. The Bertz CT molecular complexity index is 140. The first kappa shape index (κ1) is 12.0. The maximum Gasteiger partial charge on any atom is 0.00953 e. The van der Waals surface area contributed by atoms with Crippen LogP contribution in [0.15, 0.2) is 0 Å². The summed E-state index contributed by atoms with van der Waals surface area (Å²) in [4.78, 5) is 0. The zero-order chi connectivity index (χ0) is 10.4. The number of rotatable bonds is 6. The van der Waals surface area contributed by atoms with Crippen LogP contribution in [-0.2, 0) is 0 Å². The fraction of sp³-hybridized carbons (Fsp3) is 1.00. The van der Waals surface area contributed by atoms with E-state index < -0.39 is 0 Å². The molecule has 1 aliphatic carbocycles. The van der Waals surface area contributed by atoms with Crippen LogP contribution in [0.1, 0.15) is 59.3 Å². The summed E-state index contributed by atoms with van der Waals surface area (Å²) in [7, 11) is 0. The van der Waals surface area contributed by atoms with Crippen molar-refractivity contribution in [2.75, 3.05) is 6.54 Å². The van der Waals surface area contributed by atoms with Crippen molar-refractivity contribution in [1.29, 1.82) is 0 Å². The second kappa shape index (κ2) is 6.44. The van der Waals surface area contributed by atoms with Crippen molar-refractivity contribution in [3.05, 3.63) is 0 Å². The lowest BCUT2D eigenvalue weighted by molar-refractivity contribution is 0.309. The molecule has 84 valence electrons. The molecule has 1 aliphatic rings.